The van der Waals surface area contributed by atoms with E-state index in [-0.39, 0.29) is 17.3 Å². The lowest BCUT2D eigenvalue weighted by molar-refractivity contribution is 0.403. The molecular formula is C23H18FN3O2S. The minimum Gasteiger partial charge on any atom is -0.504 e. The van der Waals surface area contributed by atoms with Crippen molar-refractivity contribution in [2.24, 2.45) is 10.1 Å². The summed E-state index contributed by atoms with van der Waals surface area (Å²) in [6.07, 6.45) is 1.41. The molecule has 2 N–H and O–H groups in total. The molecule has 0 saturated carbocycles. The second-order valence-corrected chi connectivity index (χ2v) is 7.29. The molecule has 0 amide bonds. The third-order valence-electron chi connectivity index (χ3n) is 4.43. The molecule has 0 aliphatic carbocycles. The normalized spacial score (nSPS) is 12.0. The Morgan fingerprint density at radius 1 is 0.933 bits per heavy atom. The maximum Gasteiger partial charge on any atom is 0.206 e. The van der Waals surface area contributed by atoms with Crippen LogP contribution in [0.25, 0.3) is 11.3 Å². The summed E-state index contributed by atoms with van der Waals surface area (Å²) in [5.41, 5.74) is 2.31. The van der Waals surface area contributed by atoms with Crippen molar-refractivity contribution in [3.05, 3.63) is 99.9 Å². The van der Waals surface area contributed by atoms with Gasteiger partial charge in [-0.25, -0.2) is 9.07 Å². The van der Waals surface area contributed by atoms with Crippen molar-refractivity contribution < 1.29 is 14.6 Å². The van der Waals surface area contributed by atoms with E-state index < -0.39 is 0 Å². The molecule has 1 aromatic heterocycles. The highest BCUT2D eigenvalue weighted by Gasteiger charge is 2.12. The van der Waals surface area contributed by atoms with Gasteiger partial charge in [0, 0.05) is 16.5 Å². The van der Waals surface area contributed by atoms with Gasteiger partial charge in [-0.1, -0.05) is 48.5 Å². The van der Waals surface area contributed by atoms with Gasteiger partial charge < -0.3 is 10.2 Å². The minimum atomic E-state index is -0.367. The summed E-state index contributed by atoms with van der Waals surface area (Å²) in [5.74, 6) is -0.876. The minimum absolute atomic E-state index is 0.238. The molecule has 0 aliphatic rings. The van der Waals surface area contributed by atoms with Crippen LogP contribution in [0.4, 0.5) is 4.39 Å². The Morgan fingerprint density at radius 3 is 2.50 bits per heavy atom. The summed E-state index contributed by atoms with van der Waals surface area (Å²) < 4.78 is 16.0. The summed E-state index contributed by atoms with van der Waals surface area (Å²) in [6, 6.07) is 20.9. The highest BCUT2D eigenvalue weighted by atomic mass is 32.1. The van der Waals surface area contributed by atoms with Gasteiger partial charge in [-0.2, -0.15) is 5.10 Å². The Hall–Kier alpha value is -3.71. The number of aromatic nitrogens is 1. The Bertz CT molecular complexity index is 1260. The van der Waals surface area contributed by atoms with Crippen LogP contribution in [0.3, 0.4) is 0 Å². The molecule has 5 nitrogen and oxygen atoms in total. The number of nitrogens with zero attached hydrogens (tertiary/aromatic N) is 3. The third kappa shape index (κ3) is 4.16. The molecule has 0 spiro atoms. The zero-order valence-electron chi connectivity index (χ0n) is 15.8. The van der Waals surface area contributed by atoms with Gasteiger partial charge in [-0.3, -0.25) is 4.99 Å². The van der Waals surface area contributed by atoms with E-state index in [1.165, 1.54) is 34.4 Å². The fourth-order valence-corrected chi connectivity index (χ4v) is 3.72. The molecule has 7 heteroatoms. The molecule has 0 unspecified atom stereocenters. The van der Waals surface area contributed by atoms with Crippen LogP contribution in [0.5, 0.6) is 11.5 Å². The molecule has 4 rings (SSSR count). The van der Waals surface area contributed by atoms with Crippen LogP contribution in [0.2, 0.25) is 0 Å². The lowest BCUT2D eigenvalue weighted by atomic mass is 10.1. The topological polar surface area (TPSA) is 70.1 Å². The number of para-hydroxylation sites is 1. The van der Waals surface area contributed by atoms with E-state index in [1.807, 2.05) is 30.3 Å². The number of hydrogen-bond acceptors (Lipinski definition) is 5. The number of benzene rings is 3. The summed E-state index contributed by atoms with van der Waals surface area (Å²) in [6.45, 7) is 0.449. The second kappa shape index (κ2) is 8.75. The molecule has 0 atom stereocenters. The van der Waals surface area contributed by atoms with Crippen LogP contribution >= 0.6 is 11.3 Å². The fraction of sp³-hybridized carbons (Fsp3) is 0.0435. The lowest BCUT2D eigenvalue weighted by Gasteiger charge is -2.05. The largest absolute Gasteiger partial charge is 0.504 e. The highest BCUT2D eigenvalue weighted by Crippen LogP contribution is 2.27. The van der Waals surface area contributed by atoms with Gasteiger partial charge in [0.2, 0.25) is 4.80 Å². The maximum atomic E-state index is 14.4. The Morgan fingerprint density at radius 2 is 1.70 bits per heavy atom. The molecule has 0 bridgehead atoms. The maximum absolute atomic E-state index is 14.4. The summed E-state index contributed by atoms with van der Waals surface area (Å²) >= 11 is 1.35. The van der Waals surface area contributed by atoms with Crippen LogP contribution < -0.4 is 4.80 Å². The van der Waals surface area contributed by atoms with Crippen LogP contribution in [0.15, 0.2) is 88.3 Å². The number of aromatic hydroxyl groups is 2. The van der Waals surface area contributed by atoms with Crippen LogP contribution in [0, 0.1) is 5.82 Å². The van der Waals surface area contributed by atoms with E-state index in [1.54, 1.807) is 35.7 Å². The quantitative estimate of drug-likeness (QED) is 0.362. The molecule has 4 aromatic rings. The Balaban J connectivity index is 1.81. The number of halogens is 1. The smallest absolute Gasteiger partial charge is 0.206 e. The van der Waals surface area contributed by atoms with Gasteiger partial charge in [0.05, 0.1) is 18.5 Å². The standard InChI is InChI=1S/C23H18FN3O2S/c24-19-11-5-4-10-18(19)20-15-30-23(25-13-16-7-2-1-3-8-16)27(20)26-14-17-9-6-12-21(28)22(17)29/h1-12,14-15,28-29H,13H2. The van der Waals surface area contributed by atoms with Crippen molar-refractivity contribution >= 4 is 17.6 Å². The number of hydrogen-bond donors (Lipinski definition) is 2. The van der Waals surface area contributed by atoms with Gasteiger partial charge >= 0.3 is 0 Å². The van der Waals surface area contributed by atoms with E-state index in [4.69, 9.17) is 0 Å². The van der Waals surface area contributed by atoms with E-state index in [9.17, 15) is 14.6 Å². The molecule has 3 aromatic carbocycles. The molecular weight excluding hydrogens is 401 g/mol. The van der Waals surface area contributed by atoms with E-state index in [2.05, 4.69) is 10.1 Å². The molecule has 0 fully saturated rings. The zero-order valence-corrected chi connectivity index (χ0v) is 16.6. The van der Waals surface area contributed by atoms with Gasteiger partial charge in [0.1, 0.15) is 5.82 Å². The fourth-order valence-electron chi connectivity index (χ4n) is 2.89. The van der Waals surface area contributed by atoms with Crippen molar-refractivity contribution in [1.29, 1.82) is 0 Å². The van der Waals surface area contributed by atoms with Gasteiger partial charge in [-0.05, 0) is 29.8 Å². The van der Waals surface area contributed by atoms with Gasteiger partial charge in [0.15, 0.2) is 11.5 Å². The van der Waals surface area contributed by atoms with Gasteiger partial charge in [0.25, 0.3) is 0 Å². The van der Waals surface area contributed by atoms with Crippen molar-refractivity contribution in [2.45, 2.75) is 6.54 Å². The van der Waals surface area contributed by atoms with Crippen LogP contribution in [-0.2, 0) is 6.54 Å². The lowest BCUT2D eigenvalue weighted by Crippen LogP contribution is -2.12. The number of rotatable bonds is 5. The zero-order chi connectivity index (χ0) is 20.9. The second-order valence-electron chi connectivity index (χ2n) is 6.46. The van der Waals surface area contributed by atoms with Gasteiger partial charge in [-0.15, -0.1) is 11.3 Å². The monoisotopic (exact) mass is 419 g/mol. The van der Waals surface area contributed by atoms with Crippen LogP contribution in [-0.4, -0.2) is 21.1 Å². The summed E-state index contributed by atoms with van der Waals surface area (Å²) in [5, 5.41) is 26.0. The highest BCUT2D eigenvalue weighted by molar-refractivity contribution is 7.07. The predicted octanol–water partition coefficient (Wildman–Crippen LogP) is 4.75. The SMILES string of the molecule is Oc1cccc(C=Nn2c(-c3ccccc3F)csc2=NCc2ccccc2)c1O. The van der Waals surface area contributed by atoms with Crippen molar-refractivity contribution in [3.63, 3.8) is 0 Å². The predicted molar refractivity (Wildman–Crippen MR) is 116 cm³/mol. The molecule has 30 heavy (non-hydrogen) atoms. The summed E-state index contributed by atoms with van der Waals surface area (Å²) in [7, 11) is 0. The third-order valence-corrected chi connectivity index (χ3v) is 5.29. The van der Waals surface area contributed by atoms with Crippen molar-refractivity contribution in [2.75, 3.05) is 0 Å². The molecule has 0 aliphatic heterocycles. The molecule has 1 heterocycles. The van der Waals surface area contributed by atoms with E-state index >= 15 is 0 Å². The molecule has 0 radical (unpaired) electrons. The van der Waals surface area contributed by atoms with E-state index in [0.717, 1.165) is 5.56 Å². The first-order chi connectivity index (χ1) is 14.6. The van der Waals surface area contributed by atoms with Crippen molar-refractivity contribution in [3.8, 4) is 22.8 Å². The first kappa shape index (κ1) is 19.6. The first-order valence-corrected chi connectivity index (χ1v) is 10.1. The Kier molecular flexibility index (Phi) is 5.72. The average Bonchev–Trinajstić information content (AvgIpc) is 3.17. The summed E-state index contributed by atoms with van der Waals surface area (Å²) in [4.78, 5) is 5.21. The number of phenolic OH excluding ortho intramolecular Hbond substituents is 2. The molecule has 150 valence electrons. The number of phenols is 2. The Labute approximate surface area is 176 Å². The van der Waals surface area contributed by atoms with Crippen LogP contribution in [0.1, 0.15) is 11.1 Å². The number of thiazole rings is 1. The molecule has 0 saturated heterocycles. The first-order valence-electron chi connectivity index (χ1n) is 9.18. The van der Waals surface area contributed by atoms with Crippen molar-refractivity contribution in [1.82, 2.24) is 4.68 Å². The van der Waals surface area contributed by atoms with E-state index in [0.29, 0.717) is 28.2 Å². The average molecular weight is 419 g/mol.